The van der Waals surface area contributed by atoms with Crippen LogP contribution in [-0.2, 0) is 6.42 Å². The van der Waals surface area contributed by atoms with Crippen LogP contribution in [0.15, 0.2) is 17.2 Å². The maximum absolute atomic E-state index is 13.0. The maximum Gasteiger partial charge on any atom is 0.272 e. The molecule has 0 radical (unpaired) electrons. The Bertz CT molecular complexity index is 805. The summed E-state index contributed by atoms with van der Waals surface area (Å²) in [6, 6.07) is 5.10. The summed E-state index contributed by atoms with van der Waals surface area (Å²) in [6.45, 7) is 1.64. The number of nitrogens with one attached hydrogen (secondary N) is 1. The van der Waals surface area contributed by atoms with Gasteiger partial charge in [0.05, 0.1) is 17.4 Å². The van der Waals surface area contributed by atoms with E-state index in [0.29, 0.717) is 23.7 Å². The van der Waals surface area contributed by atoms with Gasteiger partial charge in [-0.15, -0.1) is 0 Å². The Morgan fingerprint density at radius 3 is 2.59 bits per heavy atom. The first kappa shape index (κ1) is 19.0. The van der Waals surface area contributed by atoms with E-state index in [0.717, 1.165) is 55.9 Å². The van der Waals surface area contributed by atoms with Gasteiger partial charge in [-0.05, 0) is 70.7 Å². The van der Waals surface area contributed by atoms with Gasteiger partial charge in [0.2, 0.25) is 0 Å². The molecule has 0 aromatic carbocycles. The van der Waals surface area contributed by atoms with Crippen LogP contribution >= 0.6 is 0 Å². The first-order valence-corrected chi connectivity index (χ1v) is 11.4. The molecule has 4 aliphatic rings. The Hall–Kier alpha value is -1.95. The SMILES string of the molecule is CN(C)C1CCN(C(=O)c2ccc3c(n2)CCC2C3=NNC2C2CCCC2)CC1. The van der Waals surface area contributed by atoms with Gasteiger partial charge in [-0.2, -0.15) is 5.10 Å². The molecule has 2 aliphatic carbocycles. The summed E-state index contributed by atoms with van der Waals surface area (Å²) in [5.74, 6) is 1.36. The van der Waals surface area contributed by atoms with Crippen molar-refractivity contribution in [3.05, 3.63) is 29.1 Å². The Morgan fingerprint density at radius 1 is 1.10 bits per heavy atom. The Balaban J connectivity index is 1.30. The highest BCUT2D eigenvalue weighted by molar-refractivity contribution is 6.05. The number of amides is 1. The number of hydrogen-bond donors (Lipinski definition) is 1. The Kier molecular flexibility index (Phi) is 5.06. The molecule has 2 atom stereocenters. The lowest BCUT2D eigenvalue weighted by atomic mass is 9.77. The molecular formula is C23H33N5O. The van der Waals surface area contributed by atoms with E-state index < -0.39 is 0 Å². The second-order valence-electron chi connectivity index (χ2n) is 9.52. The third-order valence-corrected chi connectivity index (χ3v) is 7.67. The number of rotatable bonds is 3. The largest absolute Gasteiger partial charge is 0.337 e. The lowest BCUT2D eigenvalue weighted by Gasteiger charge is -2.35. The first-order chi connectivity index (χ1) is 14.1. The highest BCUT2D eigenvalue weighted by Gasteiger charge is 2.41. The minimum atomic E-state index is 0.0856. The van der Waals surface area contributed by atoms with E-state index >= 15 is 0 Å². The van der Waals surface area contributed by atoms with E-state index in [1.165, 1.54) is 31.4 Å². The van der Waals surface area contributed by atoms with Crippen molar-refractivity contribution in [2.75, 3.05) is 27.2 Å². The number of nitrogens with zero attached hydrogens (tertiary/aromatic N) is 4. The number of pyridine rings is 1. The number of carbonyl (C=O) groups is 1. The number of hydrogen-bond acceptors (Lipinski definition) is 5. The van der Waals surface area contributed by atoms with Gasteiger partial charge in [0, 0.05) is 30.6 Å². The molecule has 2 aliphatic heterocycles. The van der Waals surface area contributed by atoms with E-state index in [9.17, 15) is 4.79 Å². The van der Waals surface area contributed by atoms with Crippen molar-refractivity contribution in [2.24, 2.45) is 16.9 Å². The molecule has 0 bridgehead atoms. The van der Waals surface area contributed by atoms with E-state index in [1.807, 2.05) is 11.0 Å². The monoisotopic (exact) mass is 395 g/mol. The number of aryl methyl sites for hydroxylation is 1. The smallest absolute Gasteiger partial charge is 0.272 e. The van der Waals surface area contributed by atoms with Crippen molar-refractivity contribution < 1.29 is 4.79 Å². The predicted octanol–water partition coefficient (Wildman–Crippen LogP) is 2.68. The highest BCUT2D eigenvalue weighted by Crippen LogP contribution is 2.38. The van der Waals surface area contributed by atoms with E-state index in [1.54, 1.807) is 0 Å². The number of aromatic nitrogens is 1. The molecule has 1 saturated heterocycles. The van der Waals surface area contributed by atoms with Crippen LogP contribution in [0.3, 0.4) is 0 Å². The maximum atomic E-state index is 13.0. The Morgan fingerprint density at radius 2 is 1.86 bits per heavy atom. The summed E-state index contributed by atoms with van der Waals surface area (Å²) in [5.41, 5.74) is 7.47. The average molecular weight is 396 g/mol. The molecule has 6 heteroatoms. The topological polar surface area (TPSA) is 60.8 Å². The lowest BCUT2D eigenvalue weighted by molar-refractivity contribution is 0.0657. The van der Waals surface area contributed by atoms with Gasteiger partial charge in [0.15, 0.2) is 0 Å². The molecular weight excluding hydrogens is 362 g/mol. The van der Waals surface area contributed by atoms with Crippen LogP contribution in [0, 0.1) is 11.8 Å². The summed E-state index contributed by atoms with van der Waals surface area (Å²) in [6.07, 6.45) is 9.51. The summed E-state index contributed by atoms with van der Waals surface area (Å²) >= 11 is 0. The van der Waals surface area contributed by atoms with Gasteiger partial charge in [-0.25, -0.2) is 4.98 Å². The average Bonchev–Trinajstić information content (AvgIpc) is 3.42. The van der Waals surface area contributed by atoms with Crippen molar-refractivity contribution in [1.29, 1.82) is 0 Å². The molecule has 2 unspecified atom stereocenters. The molecule has 1 saturated carbocycles. The van der Waals surface area contributed by atoms with Crippen molar-refractivity contribution in [3.8, 4) is 0 Å². The predicted molar refractivity (Wildman–Crippen MR) is 114 cm³/mol. The molecule has 1 aromatic rings. The van der Waals surface area contributed by atoms with Crippen molar-refractivity contribution >= 4 is 11.6 Å². The van der Waals surface area contributed by atoms with Crippen LogP contribution in [0.1, 0.15) is 66.7 Å². The molecule has 0 spiro atoms. The van der Waals surface area contributed by atoms with Gasteiger partial charge >= 0.3 is 0 Å². The number of piperidine rings is 1. The fraction of sp³-hybridized carbons (Fsp3) is 0.696. The van der Waals surface area contributed by atoms with Crippen LogP contribution in [0.4, 0.5) is 0 Å². The molecule has 5 rings (SSSR count). The molecule has 1 aromatic heterocycles. The Labute approximate surface area is 173 Å². The van der Waals surface area contributed by atoms with Gasteiger partial charge in [-0.1, -0.05) is 12.8 Å². The second-order valence-corrected chi connectivity index (χ2v) is 9.52. The summed E-state index contributed by atoms with van der Waals surface area (Å²) in [7, 11) is 4.25. The van der Waals surface area contributed by atoms with Crippen molar-refractivity contribution in [2.45, 2.75) is 63.5 Å². The normalized spacial score (nSPS) is 27.6. The van der Waals surface area contributed by atoms with Crippen LogP contribution in [-0.4, -0.2) is 65.7 Å². The zero-order valence-corrected chi connectivity index (χ0v) is 17.7. The third kappa shape index (κ3) is 3.45. The lowest BCUT2D eigenvalue weighted by Crippen LogP contribution is -2.44. The van der Waals surface area contributed by atoms with Crippen molar-refractivity contribution in [1.82, 2.24) is 20.2 Å². The van der Waals surface area contributed by atoms with E-state index in [2.05, 4.69) is 30.5 Å². The second kappa shape index (κ2) is 7.71. The number of hydrazone groups is 1. The van der Waals surface area contributed by atoms with Gasteiger partial charge in [-0.3, -0.25) is 4.79 Å². The van der Waals surface area contributed by atoms with Crippen LogP contribution in [0.25, 0.3) is 0 Å². The van der Waals surface area contributed by atoms with Crippen LogP contribution in [0.5, 0.6) is 0 Å². The summed E-state index contributed by atoms with van der Waals surface area (Å²) < 4.78 is 0. The summed E-state index contributed by atoms with van der Waals surface area (Å²) in [5, 5.41) is 4.74. The molecule has 6 nitrogen and oxygen atoms in total. The van der Waals surface area contributed by atoms with Crippen molar-refractivity contribution in [3.63, 3.8) is 0 Å². The van der Waals surface area contributed by atoms with E-state index in [4.69, 9.17) is 10.1 Å². The highest BCUT2D eigenvalue weighted by atomic mass is 16.2. The fourth-order valence-corrected chi connectivity index (χ4v) is 5.90. The zero-order valence-electron chi connectivity index (χ0n) is 17.7. The molecule has 156 valence electrons. The van der Waals surface area contributed by atoms with Gasteiger partial charge in [0.25, 0.3) is 5.91 Å². The minimum Gasteiger partial charge on any atom is -0.337 e. The number of fused-ring (bicyclic) bond motifs is 3. The summed E-state index contributed by atoms with van der Waals surface area (Å²) in [4.78, 5) is 22.1. The van der Waals surface area contributed by atoms with Gasteiger partial charge in [0.1, 0.15) is 5.69 Å². The van der Waals surface area contributed by atoms with E-state index in [-0.39, 0.29) is 5.91 Å². The first-order valence-electron chi connectivity index (χ1n) is 11.4. The third-order valence-electron chi connectivity index (χ3n) is 7.67. The van der Waals surface area contributed by atoms with Crippen LogP contribution in [0.2, 0.25) is 0 Å². The molecule has 2 fully saturated rings. The molecule has 3 heterocycles. The molecule has 29 heavy (non-hydrogen) atoms. The number of likely N-dealkylation sites (tertiary alicyclic amines) is 1. The number of carbonyl (C=O) groups excluding carboxylic acids is 1. The quantitative estimate of drug-likeness (QED) is 0.855. The van der Waals surface area contributed by atoms with Crippen LogP contribution < -0.4 is 5.43 Å². The zero-order chi connectivity index (χ0) is 20.0. The van der Waals surface area contributed by atoms with Gasteiger partial charge < -0.3 is 15.2 Å². The molecule has 1 N–H and O–H groups in total. The minimum absolute atomic E-state index is 0.0856. The molecule has 1 amide bonds. The fourth-order valence-electron chi connectivity index (χ4n) is 5.90. The standard InChI is InChI=1S/C23H33N5O/c1-27(2)16-11-13-28(14-12-16)23(29)20-10-7-17-19(24-20)9-8-18-21(25-26-22(17)18)15-5-3-4-6-15/h7,10,15-16,18,21,25H,3-6,8-9,11-14H2,1-2H3.